The average molecular weight is 447 g/mol. The van der Waals surface area contributed by atoms with E-state index < -0.39 is 18.5 Å². The number of rotatable bonds is 5. The fraction of sp³-hybridized carbons (Fsp3) is 0.188. The Morgan fingerprint density at radius 3 is 2.57 bits per heavy atom. The van der Waals surface area contributed by atoms with Crippen molar-refractivity contribution in [2.24, 2.45) is 0 Å². The monoisotopic (exact) mass is 445 g/mol. The molecule has 2 aromatic rings. The van der Waals surface area contributed by atoms with Crippen molar-refractivity contribution in [3.05, 3.63) is 49.6 Å². The number of halogens is 4. The highest BCUT2D eigenvalue weighted by molar-refractivity contribution is 9.10. The number of alkyl halides is 2. The summed E-state index contributed by atoms with van der Waals surface area (Å²) in [6, 6.07) is 8.16. The summed E-state index contributed by atoms with van der Waals surface area (Å²) in [5.41, 5.74) is 0.472. The standard InChI is InChI=1S/C16H11Br2F2NO2/c1-2-7-23-10-3-4-11(13(18)8-10)14-6-5-12(17)16(22)21(14)9-15(19)20/h1,3-6,8,15H,7,9H2. The number of pyridine rings is 1. The lowest BCUT2D eigenvalue weighted by Gasteiger charge is -2.15. The van der Waals surface area contributed by atoms with Crippen LogP contribution in [0.1, 0.15) is 0 Å². The van der Waals surface area contributed by atoms with Crippen LogP contribution in [0.4, 0.5) is 8.78 Å². The molecule has 0 radical (unpaired) electrons. The van der Waals surface area contributed by atoms with Crippen LogP contribution < -0.4 is 10.3 Å². The minimum absolute atomic E-state index is 0.125. The third-order valence-corrected chi connectivity index (χ3v) is 4.25. The second kappa shape index (κ2) is 7.75. The lowest BCUT2D eigenvalue weighted by atomic mass is 10.1. The zero-order valence-electron chi connectivity index (χ0n) is 11.7. The van der Waals surface area contributed by atoms with E-state index in [1.165, 1.54) is 6.07 Å². The smallest absolute Gasteiger partial charge is 0.265 e. The highest BCUT2D eigenvalue weighted by Crippen LogP contribution is 2.31. The summed E-state index contributed by atoms with van der Waals surface area (Å²) in [7, 11) is 0. The van der Waals surface area contributed by atoms with Crippen molar-refractivity contribution in [2.75, 3.05) is 6.61 Å². The van der Waals surface area contributed by atoms with Crippen LogP contribution in [0.3, 0.4) is 0 Å². The number of hydrogen-bond acceptors (Lipinski definition) is 2. The molecule has 3 nitrogen and oxygen atoms in total. The van der Waals surface area contributed by atoms with Crippen LogP contribution in [0, 0.1) is 12.3 Å². The van der Waals surface area contributed by atoms with Crippen LogP contribution in [0.15, 0.2) is 44.1 Å². The molecule has 0 spiro atoms. The first-order valence-corrected chi connectivity index (χ1v) is 8.06. The summed E-state index contributed by atoms with van der Waals surface area (Å²) in [4.78, 5) is 12.1. The molecule has 0 N–H and O–H groups in total. The quantitative estimate of drug-likeness (QED) is 0.640. The van der Waals surface area contributed by atoms with E-state index in [9.17, 15) is 13.6 Å². The number of nitrogens with zero attached hydrogens (tertiary/aromatic N) is 1. The lowest BCUT2D eigenvalue weighted by molar-refractivity contribution is 0.126. The Bertz CT molecular complexity index is 813. The first kappa shape index (κ1) is 17.7. The van der Waals surface area contributed by atoms with Gasteiger partial charge in [0.05, 0.1) is 16.7 Å². The van der Waals surface area contributed by atoms with Crippen LogP contribution in [-0.4, -0.2) is 17.6 Å². The molecule has 0 fully saturated rings. The van der Waals surface area contributed by atoms with Crippen molar-refractivity contribution >= 4 is 31.9 Å². The summed E-state index contributed by atoms with van der Waals surface area (Å²) in [5, 5.41) is 0. The van der Waals surface area contributed by atoms with Gasteiger partial charge in [0.2, 0.25) is 0 Å². The molecule has 0 bridgehead atoms. The maximum atomic E-state index is 12.8. The van der Waals surface area contributed by atoms with Gasteiger partial charge in [-0.15, -0.1) is 6.42 Å². The molecule has 0 amide bonds. The van der Waals surface area contributed by atoms with Gasteiger partial charge in [0.1, 0.15) is 12.4 Å². The Morgan fingerprint density at radius 1 is 1.22 bits per heavy atom. The van der Waals surface area contributed by atoms with E-state index in [0.29, 0.717) is 21.5 Å². The summed E-state index contributed by atoms with van der Waals surface area (Å²) in [5.74, 6) is 2.90. The van der Waals surface area contributed by atoms with Gasteiger partial charge in [-0.1, -0.05) is 5.92 Å². The summed E-state index contributed by atoms with van der Waals surface area (Å²) in [6.45, 7) is -0.560. The molecular weight excluding hydrogens is 436 g/mol. The van der Waals surface area contributed by atoms with Crippen LogP contribution >= 0.6 is 31.9 Å². The first-order valence-electron chi connectivity index (χ1n) is 6.47. The van der Waals surface area contributed by atoms with E-state index in [1.54, 1.807) is 24.3 Å². The topological polar surface area (TPSA) is 31.2 Å². The van der Waals surface area contributed by atoms with Crippen molar-refractivity contribution in [3.8, 4) is 29.4 Å². The second-order valence-corrected chi connectivity index (χ2v) is 6.22. The van der Waals surface area contributed by atoms with Crippen LogP contribution in [-0.2, 0) is 6.54 Å². The molecule has 0 aliphatic rings. The molecule has 1 aromatic carbocycles. The molecule has 0 unspecified atom stereocenters. The number of terminal acetylenes is 1. The SMILES string of the molecule is C#CCOc1ccc(-c2ccc(Br)c(=O)n2CC(F)F)c(Br)c1. The first-order chi connectivity index (χ1) is 10.9. The van der Waals surface area contributed by atoms with Crippen LogP contribution in [0.25, 0.3) is 11.3 Å². The normalized spacial score (nSPS) is 10.6. The molecular formula is C16H11Br2F2NO2. The van der Waals surface area contributed by atoms with Crippen LogP contribution in [0.2, 0.25) is 0 Å². The molecule has 0 saturated carbocycles. The van der Waals surface area contributed by atoms with Crippen molar-refractivity contribution in [1.82, 2.24) is 4.57 Å². The van der Waals surface area contributed by atoms with E-state index in [1.807, 2.05) is 0 Å². The molecule has 2 rings (SSSR count). The van der Waals surface area contributed by atoms with E-state index in [0.717, 1.165) is 4.57 Å². The van der Waals surface area contributed by atoms with Gasteiger partial charge in [0.15, 0.2) is 0 Å². The maximum absolute atomic E-state index is 12.8. The summed E-state index contributed by atoms with van der Waals surface area (Å²) < 4.78 is 32.8. The van der Waals surface area contributed by atoms with Gasteiger partial charge in [-0.2, -0.15) is 0 Å². The Labute approximate surface area is 148 Å². The highest BCUT2D eigenvalue weighted by Gasteiger charge is 2.15. The molecule has 120 valence electrons. The van der Waals surface area contributed by atoms with Crippen LogP contribution in [0.5, 0.6) is 5.75 Å². The third-order valence-electron chi connectivity index (χ3n) is 2.99. The van der Waals surface area contributed by atoms with Gasteiger partial charge in [-0.05, 0) is 62.2 Å². The Hall–Kier alpha value is -1.65. The fourth-order valence-electron chi connectivity index (χ4n) is 2.02. The predicted octanol–water partition coefficient (Wildman–Crippen LogP) is 4.32. The van der Waals surface area contributed by atoms with Gasteiger partial charge in [-0.25, -0.2) is 8.78 Å². The summed E-state index contributed by atoms with van der Waals surface area (Å²) >= 11 is 6.45. The number of benzene rings is 1. The van der Waals surface area contributed by atoms with E-state index >= 15 is 0 Å². The number of ether oxygens (including phenoxy) is 1. The highest BCUT2D eigenvalue weighted by atomic mass is 79.9. The number of aromatic nitrogens is 1. The average Bonchev–Trinajstić information content (AvgIpc) is 2.50. The molecule has 1 aromatic heterocycles. The Kier molecular flexibility index (Phi) is 5.97. The maximum Gasteiger partial charge on any atom is 0.265 e. The lowest BCUT2D eigenvalue weighted by Crippen LogP contribution is -2.25. The van der Waals surface area contributed by atoms with Gasteiger partial charge in [0.25, 0.3) is 12.0 Å². The van der Waals surface area contributed by atoms with E-state index in [-0.39, 0.29) is 11.1 Å². The Morgan fingerprint density at radius 2 is 1.96 bits per heavy atom. The van der Waals surface area contributed by atoms with Gasteiger partial charge in [-0.3, -0.25) is 4.79 Å². The van der Waals surface area contributed by atoms with Crippen molar-refractivity contribution in [3.63, 3.8) is 0 Å². The van der Waals surface area contributed by atoms with E-state index in [4.69, 9.17) is 11.2 Å². The van der Waals surface area contributed by atoms with Crippen molar-refractivity contribution in [1.29, 1.82) is 0 Å². The minimum atomic E-state index is -2.64. The van der Waals surface area contributed by atoms with Gasteiger partial charge >= 0.3 is 0 Å². The zero-order chi connectivity index (χ0) is 17.0. The van der Waals surface area contributed by atoms with Gasteiger partial charge in [0, 0.05) is 10.0 Å². The largest absolute Gasteiger partial charge is 0.481 e. The molecule has 23 heavy (non-hydrogen) atoms. The fourth-order valence-corrected chi connectivity index (χ4v) is 2.93. The number of hydrogen-bond donors (Lipinski definition) is 0. The molecule has 0 aliphatic heterocycles. The molecule has 7 heteroatoms. The zero-order valence-corrected chi connectivity index (χ0v) is 14.9. The minimum Gasteiger partial charge on any atom is -0.481 e. The molecule has 1 heterocycles. The van der Waals surface area contributed by atoms with Crippen molar-refractivity contribution in [2.45, 2.75) is 13.0 Å². The Balaban J connectivity index is 2.52. The van der Waals surface area contributed by atoms with Crippen molar-refractivity contribution < 1.29 is 13.5 Å². The second-order valence-electron chi connectivity index (χ2n) is 4.51. The van der Waals surface area contributed by atoms with Gasteiger partial charge < -0.3 is 9.30 Å². The van der Waals surface area contributed by atoms with E-state index in [2.05, 4.69) is 37.8 Å². The summed E-state index contributed by atoms with van der Waals surface area (Å²) in [6.07, 6.45) is 2.49. The molecule has 0 aliphatic carbocycles. The molecule has 0 saturated heterocycles. The molecule has 0 atom stereocenters. The third kappa shape index (κ3) is 4.21. The predicted molar refractivity (Wildman–Crippen MR) is 91.9 cm³/mol.